The third kappa shape index (κ3) is 1.99. The van der Waals surface area contributed by atoms with Crippen molar-refractivity contribution in [1.82, 2.24) is 0 Å². The molecule has 0 saturated heterocycles. The van der Waals surface area contributed by atoms with Gasteiger partial charge in [-0.2, -0.15) is 0 Å². The summed E-state index contributed by atoms with van der Waals surface area (Å²) in [4.78, 5) is 11.9. The highest BCUT2D eigenvalue weighted by atomic mass is 16.5. The molecule has 0 aromatic carbocycles. The molecule has 0 radical (unpaired) electrons. The molecule has 2 nitrogen and oxygen atoms in total. The Balaban J connectivity index is 2.19. The van der Waals surface area contributed by atoms with E-state index < -0.39 is 0 Å². The Morgan fingerprint density at radius 1 is 1.40 bits per heavy atom. The largest absolute Gasteiger partial charge is 0.490 e. The van der Waals surface area contributed by atoms with Crippen LogP contribution in [0.4, 0.5) is 0 Å². The van der Waals surface area contributed by atoms with Crippen molar-refractivity contribution in [2.45, 2.75) is 46.1 Å². The summed E-state index contributed by atoms with van der Waals surface area (Å²) < 4.78 is 5.78. The van der Waals surface area contributed by atoms with Crippen molar-refractivity contribution in [2.75, 3.05) is 0 Å². The lowest BCUT2D eigenvalue weighted by molar-refractivity contribution is -0.118. The van der Waals surface area contributed by atoms with E-state index in [4.69, 9.17) is 4.74 Å². The molecule has 0 fully saturated rings. The topological polar surface area (TPSA) is 26.3 Å². The molecule has 0 saturated carbocycles. The van der Waals surface area contributed by atoms with Crippen LogP contribution in [0.15, 0.2) is 23.5 Å². The number of carbonyl (C=O) groups excluding carboxylic acids is 1. The predicted octanol–water partition coefficient (Wildman–Crippen LogP) is 2.99. The van der Waals surface area contributed by atoms with Crippen molar-refractivity contribution in [3.8, 4) is 0 Å². The van der Waals surface area contributed by atoms with Crippen molar-refractivity contribution in [3.05, 3.63) is 23.5 Å². The molecule has 2 rings (SSSR count). The molecule has 0 N–H and O–H groups in total. The smallest absolute Gasteiger partial charge is 0.162 e. The molecule has 1 atom stereocenters. The van der Waals surface area contributed by atoms with Crippen LogP contribution in [0.2, 0.25) is 0 Å². The summed E-state index contributed by atoms with van der Waals surface area (Å²) in [6.07, 6.45) is 6.45. The number of rotatable bonds is 1. The molecule has 1 aliphatic heterocycles. The summed E-state index contributed by atoms with van der Waals surface area (Å²) in [5, 5.41) is 0. The van der Waals surface area contributed by atoms with Crippen LogP contribution >= 0.6 is 0 Å². The highest BCUT2D eigenvalue weighted by molar-refractivity contribution is 5.97. The van der Waals surface area contributed by atoms with E-state index in [0.29, 0.717) is 6.42 Å². The molecule has 1 heterocycles. The Morgan fingerprint density at radius 2 is 2.13 bits per heavy atom. The lowest BCUT2D eigenvalue weighted by Crippen LogP contribution is -2.24. The molecular weight excluding hydrogens is 188 g/mol. The Kier molecular flexibility index (Phi) is 2.45. The number of hydrogen-bond donors (Lipinski definition) is 0. The first-order chi connectivity index (χ1) is 7.02. The first-order valence-electron chi connectivity index (χ1n) is 5.56. The van der Waals surface area contributed by atoms with Crippen LogP contribution in [-0.2, 0) is 9.53 Å². The maximum atomic E-state index is 11.9. The minimum Gasteiger partial charge on any atom is -0.490 e. The van der Waals surface area contributed by atoms with Gasteiger partial charge in [-0.05, 0) is 18.4 Å². The number of ether oxygens (including phenoxy) is 1. The standard InChI is InChI=1S/C13H18O2/c1-4-5-9-6-10-11(14)7-13(2,3)8-12(10)15-9/h4-5,9H,6-8H2,1-3H3. The van der Waals surface area contributed by atoms with Gasteiger partial charge in [0.2, 0.25) is 0 Å². The van der Waals surface area contributed by atoms with Crippen LogP contribution in [0.1, 0.15) is 40.0 Å². The van der Waals surface area contributed by atoms with Crippen molar-refractivity contribution >= 4 is 5.78 Å². The van der Waals surface area contributed by atoms with E-state index in [1.807, 2.05) is 19.1 Å². The monoisotopic (exact) mass is 206 g/mol. The molecule has 2 aliphatic rings. The summed E-state index contributed by atoms with van der Waals surface area (Å²) in [6.45, 7) is 6.23. The number of ketones is 1. The maximum absolute atomic E-state index is 11.9. The highest BCUT2D eigenvalue weighted by Gasteiger charge is 2.38. The van der Waals surface area contributed by atoms with Crippen LogP contribution in [-0.4, -0.2) is 11.9 Å². The fourth-order valence-corrected chi connectivity index (χ4v) is 2.39. The van der Waals surface area contributed by atoms with Gasteiger partial charge in [0.1, 0.15) is 11.9 Å². The molecule has 0 amide bonds. The van der Waals surface area contributed by atoms with Crippen LogP contribution in [0, 0.1) is 5.41 Å². The van der Waals surface area contributed by atoms with E-state index in [0.717, 1.165) is 24.2 Å². The SMILES string of the molecule is CC=CC1CC2=C(CC(C)(C)CC2=O)O1. The Labute approximate surface area is 91.0 Å². The zero-order chi connectivity index (χ0) is 11.1. The van der Waals surface area contributed by atoms with Gasteiger partial charge in [-0.25, -0.2) is 0 Å². The highest BCUT2D eigenvalue weighted by Crippen LogP contribution is 2.42. The van der Waals surface area contributed by atoms with Crippen molar-refractivity contribution < 1.29 is 9.53 Å². The Morgan fingerprint density at radius 3 is 2.80 bits per heavy atom. The number of Topliss-reactive ketones (excluding diaryl/α,β-unsaturated/α-hetero) is 1. The molecule has 82 valence electrons. The van der Waals surface area contributed by atoms with Crippen molar-refractivity contribution in [2.24, 2.45) is 5.41 Å². The zero-order valence-corrected chi connectivity index (χ0v) is 9.67. The molecule has 0 aromatic heterocycles. The maximum Gasteiger partial charge on any atom is 0.162 e. The summed E-state index contributed by atoms with van der Waals surface area (Å²) in [7, 11) is 0. The summed E-state index contributed by atoms with van der Waals surface area (Å²) in [6, 6.07) is 0. The summed E-state index contributed by atoms with van der Waals surface area (Å²) >= 11 is 0. The minimum absolute atomic E-state index is 0.0702. The zero-order valence-electron chi connectivity index (χ0n) is 9.67. The van der Waals surface area contributed by atoms with E-state index in [1.54, 1.807) is 0 Å². The van der Waals surface area contributed by atoms with Gasteiger partial charge in [0.05, 0.1) is 0 Å². The van der Waals surface area contributed by atoms with Crippen LogP contribution < -0.4 is 0 Å². The Bertz CT molecular complexity index is 348. The van der Waals surface area contributed by atoms with E-state index >= 15 is 0 Å². The second-order valence-electron chi connectivity index (χ2n) is 5.23. The minimum atomic E-state index is 0.0702. The number of hydrogen-bond acceptors (Lipinski definition) is 2. The third-order valence-electron chi connectivity index (χ3n) is 3.06. The van der Waals surface area contributed by atoms with Gasteiger partial charge in [-0.15, -0.1) is 0 Å². The lowest BCUT2D eigenvalue weighted by atomic mass is 9.76. The van der Waals surface area contributed by atoms with Gasteiger partial charge in [0.25, 0.3) is 0 Å². The predicted molar refractivity (Wildman–Crippen MR) is 59.4 cm³/mol. The average Bonchev–Trinajstić information content (AvgIpc) is 2.46. The molecule has 1 aliphatic carbocycles. The average molecular weight is 206 g/mol. The lowest BCUT2D eigenvalue weighted by Gasteiger charge is -2.28. The first-order valence-corrected chi connectivity index (χ1v) is 5.56. The van der Waals surface area contributed by atoms with E-state index in [9.17, 15) is 4.79 Å². The molecule has 0 aromatic rings. The van der Waals surface area contributed by atoms with E-state index in [2.05, 4.69) is 13.8 Å². The van der Waals surface area contributed by atoms with E-state index in [-0.39, 0.29) is 17.3 Å². The van der Waals surface area contributed by atoms with Crippen LogP contribution in [0.5, 0.6) is 0 Å². The summed E-state index contributed by atoms with van der Waals surface area (Å²) in [5.74, 6) is 1.23. The molecule has 0 spiro atoms. The fraction of sp³-hybridized carbons (Fsp3) is 0.615. The van der Waals surface area contributed by atoms with Gasteiger partial charge in [-0.1, -0.05) is 19.9 Å². The molecule has 1 unspecified atom stereocenters. The molecule has 2 heteroatoms. The third-order valence-corrected chi connectivity index (χ3v) is 3.06. The van der Waals surface area contributed by atoms with E-state index in [1.165, 1.54) is 0 Å². The quantitative estimate of drug-likeness (QED) is 0.616. The van der Waals surface area contributed by atoms with Gasteiger partial charge < -0.3 is 4.74 Å². The van der Waals surface area contributed by atoms with Crippen molar-refractivity contribution in [1.29, 1.82) is 0 Å². The first kappa shape index (κ1) is 10.5. The number of allylic oxidation sites excluding steroid dienone is 2. The van der Waals surface area contributed by atoms with Crippen LogP contribution in [0.3, 0.4) is 0 Å². The fourth-order valence-electron chi connectivity index (χ4n) is 2.39. The second-order valence-corrected chi connectivity index (χ2v) is 5.23. The van der Waals surface area contributed by atoms with Crippen LogP contribution in [0.25, 0.3) is 0 Å². The molecule has 0 bridgehead atoms. The normalized spacial score (nSPS) is 29.5. The number of carbonyl (C=O) groups is 1. The van der Waals surface area contributed by atoms with Gasteiger partial charge in [-0.3, -0.25) is 4.79 Å². The van der Waals surface area contributed by atoms with Gasteiger partial charge in [0.15, 0.2) is 5.78 Å². The molecular formula is C13H18O2. The molecule has 15 heavy (non-hydrogen) atoms. The Hall–Kier alpha value is -1.05. The van der Waals surface area contributed by atoms with Gasteiger partial charge >= 0.3 is 0 Å². The van der Waals surface area contributed by atoms with Crippen molar-refractivity contribution in [3.63, 3.8) is 0 Å². The van der Waals surface area contributed by atoms with Gasteiger partial charge in [0, 0.05) is 24.8 Å². The second kappa shape index (κ2) is 3.51. The summed E-state index contributed by atoms with van der Waals surface area (Å²) in [5.41, 5.74) is 1.01.